The lowest BCUT2D eigenvalue weighted by Gasteiger charge is -2.31. The SMILES string of the molecule is COc1nccc(OC2CCN(C(=O)c3c[nH]c4ccccc34)CC2)n1. The van der Waals surface area contributed by atoms with E-state index < -0.39 is 0 Å². The average Bonchev–Trinajstić information content (AvgIpc) is 3.12. The Kier molecular flexibility index (Phi) is 4.43. The van der Waals surface area contributed by atoms with Gasteiger partial charge in [-0.2, -0.15) is 4.98 Å². The topological polar surface area (TPSA) is 80.3 Å². The summed E-state index contributed by atoms with van der Waals surface area (Å²) >= 11 is 0. The molecule has 0 spiro atoms. The summed E-state index contributed by atoms with van der Waals surface area (Å²) in [4.78, 5) is 26.0. The predicted octanol–water partition coefficient (Wildman–Crippen LogP) is 2.65. The minimum atomic E-state index is 0.0293. The summed E-state index contributed by atoms with van der Waals surface area (Å²) in [5.41, 5.74) is 1.70. The third-order valence-electron chi connectivity index (χ3n) is 4.63. The number of aromatic nitrogens is 3. The molecule has 4 rings (SSSR count). The smallest absolute Gasteiger partial charge is 0.319 e. The van der Waals surface area contributed by atoms with Crippen LogP contribution in [0.5, 0.6) is 11.9 Å². The molecular formula is C19H20N4O3. The molecule has 0 saturated carbocycles. The fourth-order valence-corrected chi connectivity index (χ4v) is 3.26. The number of amides is 1. The normalized spacial score (nSPS) is 15.2. The van der Waals surface area contributed by atoms with Gasteiger partial charge in [0.15, 0.2) is 0 Å². The van der Waals surface area contributed by atoms with E-state index in [2.05, 4.69) is 15.0 Å². The highest BCUT2D eigenvalue weighted by Crippen LogP contribution is 2.23. The Morgan fingerprint density at radius 2 is 2.04 bits per heavy atom. The van der Waals surface area contributed by atoms with E-state index in [1.807, 2.05) is 29.2 Å². The molecule has 1 amide bonds. The van der Waals surface area contributed by atoms with Crippen molar-refractivity contribution in [2.75, 3.05) is 20.2 Å². The third-order valence-corrected chi connectivity index (χ3v) is 4.63. The van der Waals surface area contributed by atoms with Crippen LogP contribution in [0.15, 0.2) is 42.7 Å². The van der Waals surface area contributed by atoms with E-state index >= 15 is 0 Å². The monoisotopic (exact) mass is 352 g/mol. The van der Waals surface area contributed by atoms with Gasteiger partial charge in [-0.15, -0.1) is 0 Å². The van der Waals surface area contributed by atoms with Crippen LogP contribution in [-0.4, -0.2) is 52.1 Å². The highest BCUT2D eigenvalue weighted by Gasteiger charge is 2.26. The number of hydrogen-bond donors (Lipinski definition) is 1. The van der Waals surface area contributed by atoms with Gasteiger partial charge in [-0.3, -0.25) is 4.79 Å². The average molecular weight is 352 g/mol. The lowest BCUT2D eigenvalue weighted by molar-refractivity contribution is 0.0588. The maximum Gasteiger partial charge on any atom is 0.319 e. The van der Waals surface area contributed by atoms with Gasteiger partial charge in [0.05, 0.1) is 12.7 Å². The van der Waals surface area contributed by atoms with Crippen LogP contribution in [-0.2, 0) is 0 Å². The summed E-state index contributed by atoms with van der Waals surface area (Å²) in [6.07, 6.45) is 4.96. The number of carbonyl (C=O) groups excluding carboxylic acids is 1. The van der Waals surface area contributed by atoms with Gasteiger partial charge >= 0.3 is 6.01 Å². The molecule has 7 nitrogen and oxygen atoms in total. The number of hydrogen-bond acceptors (Lipinski definition) is 5. The van der Waals surface area contributed by atoms with Crippen molar-refractivity contribution in [3.05, 3.63) is 48.3 Å². The summed E-state index contributed by atoms with van der Waals surface area (Å²) in [6.45, 7) is 1.32. The Bertz CT molecular complexity index is 916. The predicted molar refractivity (Wildman–Crippen MR) is 96.4 cm³/mol. The third kappa shape index (κ3) is 3.20. The number of rotatable bonds is 4. The first kappa shape index (κ1) is 16.4. The Hall–Kier alpha value is -3.09. The van der Waals surface area contributed by atoms with Crippen LogP contribution in [0.1, 0.15) is 23.2 Å². The van der Waals surface area contributed by atoms with Crippen LogP contribution < -0.4 is 9.47 Å². The summed E-state index contributed by atoms with van der Waals surface area (Å²) in [7, 11) is 1.52. The molecule has 0 atom stereocenters. The Balaban J connectivity index is 1.39. The molecule has 1 aliphatic rings. The zero-order valence-corrected chi connectivity index (χ0v) is 14.5. The molecule has 134 valence electrons. The summed E-state index contributed by atoms with van der Waals surface area (Å²) < 4.78 is 10.9. The van der Waals surface area contributed by atoms with E-state index in [-0.39, 0.29) is 18.0 Å². The van der Waals surface area contributed by atoms with Gasteiger partial charge < -0.3 is 19.4 Å². The molecule has 0 bridgehead atoms. The number of likely N-dealkylation sites (tertiary alicyclic amines) is 1. The zero-order chi connectivity index (χ0) is 17.9. The molecular weight excluding hydrogens is 332 g/mol. The second-order valence-electron chi connectivity index (χ2n) is 6.24. The van der Waals surface area contributed by atoms with Gasteiger partial charge in [-0.05, 0) is 6.07 Å². The second-order valence-corrected chi connectivity index (χ2v) is 6.24. The van der Waals surface area contributed by atoms with Crippen LogP contribution in [0.4, 0.5) is 0 Å². The van der Waals surface area contributed by atoms with E-state index in [1.54, 1.807) is 18.5 Å². The molecule has 0 aliphatic carbocycles. The van der Waals surface area contributed by atoms with Crippen LogP contribution in [0.25, 0.3) is 10.9 Å². The van der Waals surface area contributed by atoms with Gasteiger partial charge in [0, 0.05) is 55.3 Å². The lowest BCUT2D eigenvalue weighted by Crippen LogP contribution is -2.41. The van der Waals surface area contributed by atoms with Crippen molar-refractivity contribution in [1.82, 2.24) is 19.9 Å². The maximum absolute atomic E-state index is 12.9. The van der Waals surface area contributed by atoms with Gasteiger partial charge in [0.1, 0.15) is 6.10 Å². The number of aromatic amines is 1. The number of piperidine rings is 1. The van der Waals surface area contributed by atoms with Crippen LogP contribution in [0.2, 0.25) is 0 Å². The highest BCUT2D eigenvalue weighted by molar-refractivity contribution is 6.06. The Morgan fingerprint density at radius 3 is 2.85 bits per heavy atom. The number of ether oxygens (including phenoxy) is 2. The molecule has 1 N–H and O–H groups in total. The van der Waals surface area contributed by atoms with Gasteiger partial charge in [-0.1, -0.05) is 18.2 Å². The van der Waals surface area contributed by atoms with E-state index in [0.717, 1.165) is 29.3 Å². The number of fused-ring (bicyclic) bond motifs is 1. The number of carbonyl (C=O) groups is 1. The van der Waals surface area contributed by atoms with Crippen molar-refractivity contribution in [2.45, 2.75) is 18.9 Å². The van der Waals surface area contributed by atoms with E-state index in [9.17, 15) is 4.79 Å². The number of benzene rings is 1. The summed E-state index contributed by atoms with van der Waals surface area (Å²) in [5.74, 6) is 0.558. The molecule has 2 aromatic heterocycles. The first-order chi connectivity index (χ1) is 12.7. The zero-order valence-electron chi connectivity index (χ0n) is 14.5. The maximum atomic E-state index is 12.9. The summed E-state index contributed by atoms with van der Waals surface area (Å²) in [6, 6.07) is 9.85. The fraction of sp³-hybridized carbons (Fsp3) is 0.316. The molecule has 1 fully saturated rings. The molecule has 1 saturated heterocycles. The standard InChI is InChI=1S/C19H20N4O3/c1-25-19-20-9-6-17(22-19)26-13-7-10-23(11-8-13)18(24)15-12-21-16-5-3-2-4-14(15)16/h2-6,9,12-13,21H,7-8,10-11H2,1H3. The van der Waals surface area contributed by atoms with Gasteiger partial charge in [-0.25, -0.2) is 4.98 Å². The van der Waals surface area contributed by atoms with Crippen molar-refractivity contribution in [3.8, 4) is 11.9 Å². The van der Waals surface area contributed by atoms with Crippen LogP contribution in [0, 0.1) is 0 Å². The molecule has 3 aromatic rings. The fourth-order valence-electron chi connectivity index (χ4n) is 3.26. The molecule has 0 unspecified atom stereocenters. The highest BCUT2D eigenvalue weighted by atomic mass is 16.5. The van der Waals surface area contributed by atoms with Crippen molar-refractivity contribution < 1.29 is 14.3 Å². The number of H-pyrrole nitrogens is 1. The number of nitrogens with one attached hydrogen (secondary N) is 1. The molecule has 26 heavy (non-hydrogen) atoms. The Labute approximate surface area is 151 Å². The first-order valence-corrected chi connectivity index (χ1v) is 8.63. The molecule has 3 heterocycles. The van der Waals surface area contributed by atoms with Crippen LogP contribution in [0.3, 0.4) is 0 Å². The lowest BCUT2D eigenvalue weighted by atomic mass is 10.1. The van der Waals surface area contributed by atoms with Gasteiger partial charge in [0.25, 0.3) is 5.91 Å². The van der Waals surface area contributed by atoms with Crippen molar-refractivity contribution in [3.63, 3.8) is 0 Å². The van der Waals surface area contributed by atoms with Crippen LogP contribution >= 0.6 is 0 Å². The second kappa shape index (κ2) is 7.03. The molecule has 0 radical (unpaired) electrons. The molecule has 1 aromatic carbocycles. The molecule has 7 heteroatoms. The van der Waals surface area contributed by atoms with Crippen molar-refractivity contribution in [2.24, 2.45) is 0 Å². The van der Waals surface area contributed by atoms with Crippen molar-refractivity contribution in [1.29, 1.82) is 0 Å². The summed E-state index contributed by atoms with van der Waals surface area (Å²) in [5, 5.41) is 0.962. The number of nitrogens with zero attached hydrogens (tertiary/aromatic N) is 3. The minimum Gasteiger partial charge on any atom is -0.474 e. The van der Waals surface area contributed by atoms with E-state index in [1.165, 1.54) is 7.11 Å². The number of para-hydroxylation sites is 1. The van der Waals surface area contributed by atoms with E-state index in [4.69, 9.17) is 9.47 Å². The quantitative estimate of drug-likeness (QED) is 0.781. The number of methoxy groups -OCH3 is 1. The molecule has 1 aliphatic heterocycles. The van der Waals surface area contributed by atoms with Gasteiger partial charge in [0.2, 0.25) is 5.88 Å². The Morgan fingerprint density at radius 1 is 1.23 bits per heavy atom. The van der Waals surface area contributed by atoms with E-state index in [0.29, 0.717) is 19.0 Å². The largest absolute Gasteiger partial charge is 0.474 e. The minimum absolute atomic E-state index is 0.0293. The first-order valence-electron chi connectivity index (χ1n) is 8.63. The van der Waals surface area contributed by atoms with Crippen molar-refractivity contribution >= 4 is 16.8 Å².